The second kappa shape index (κ2) is 12.3. The molecule has 0 saturated carbocycles. The summed E-state index contributed by atoms with van der Waals surface area (Å²) in [5.74, 6) is -0.575. The largest absolute Gasteiger partial charge is 0.497 e. The molecular formula is C26H32F3N3O5. The van der Waals surface area contributed by atoms with E-state index in [0.29, 0.717) is 38.2 Å². The van der Waals surface area contributed by atoms with Crippen LogP contribution in [-0.2, 0) is 27.0 Å². The number of rotatable bonds is 10. The lowest BCUT2D eigenvalue weighted by Crippen LogP contribution is -2.61. The van der Waals surface area contributed by atoms with Gasteiger partial charge in [0.05, 0.1) is 7.11 Å². The molecule has 0 spiro atoms. The van der Waals surface area contributed by atoms with E-state index in [0.717, 1.165) is 6.07 Å². The zero-order valence-electron chi connectivity index (χ0n) is 21.1. The van der Waals surface area contributed by atoms with Crippen LogP contribution in [0.15, 0.2) is 42.5 Å². The monoisotopic (exact) mass is 523 g/mol. The van der Waals surface area contributed by atoms with Gasteiger partial charge in [-0.15, -0.1) is 0 Å². The van der Waals surface area contributed by atoms with Crippen molar-refractivity contribution in [3.63, 3.8) is 0 Å². The van der Waals surface area contributed by atoms with Gasteiger partial charge in [0.2, 0.25) is 11.8 Å². The van der Waals surface area contributed by atoms with Crippen LogP contribution >= 0.6 is 0 Å². The molecule has 0 aliphatic carbocycles. The number of hydrogen-bond donors (Lipinski definition) is 2. The van der Waals surface area contributed by atoms with Crippen LogP contribution in [0.2, 0.25) is 0 Å². The van der Waals surface area contributed by atoms with Crippen molar-refractivity contribution in [1.29, 1.82) is 0 Å². The van der Waals surface area contributed by atoms with E-state index in [-0.39, 0.29) is 42.0 Å². The summed E-state index contributed by atoms with van der Waals surface area (Å²) in [7, 11) is 5.02. The third-order valence-corrected chi connectivity index (χ3v) is 6.04. The molecule has 37 heavy (non-hydrogen) atoms. The number of halogens is 3. The molecule has 2 N–H and O–H groups in total. The van der Waals surface area contributed by atoms with Gasteiger partial charge in [0, 0.05) is 45.6 Å². The number of methoxy groups -OCH3 is 1. The first kappa shape index (κ1) is 28.3. The van der Waals surface area contributed by atoms with E-state index in [4.69, 9.17) is 14.2 Å². The molecule has 2 amide bonds. The van der Waals surface area contributed by atoms with Gasteiger partial charge in [-0.2, -0.15) is 13.2 Å². The summed E-state index contributed by atoms with van der Waals surface area (Å²) in [6.45, 7) is 1.46. The predicted molar refractivity (Wildman–Crippen MR) is 130 cm³/mol. The zero-order valence-corrected chi connectivity index (χ0v) is 21.1. The van der Waals surface area contributed by atoms with E-state index in [1.54, 1.807) is 12.1 Å². The fourth-order valence-corrected chi connectivity index (χ4v) is 3.88. The van der Waals surface area contributed by atoms with Crippen molar-refractivity contribution in [3.8, 4) is 17.2 Å². The average molecular weight is 524 g/mol. The second-order valence-electron chi connectivity index (χ2n) is 9.08. The van der Waals surface area contributed by atoms with Crippen LogP contribution in [0.5, 0.6) is 17.2 Å². The standard InChI is InChI=1S/C26H32F3N3O5/c1-32(2)13-10-23(33)31-25(11-14-36-15-12-25)24(34)30-17-18-4-6-19(7-5-18)37-22-9-8-20(35-3)16-21(22)26(27,28)29/h4-9,16H,10-15,17H2,1-3H3,(H,30,34)(H,31,33). The number of amides is 2. The lowest BCUT2D eigenvalue weighted by Gasteiger charge is -2.36. The summed E-state index contributed by atoms with van der Waals surface area (Å²) in [5.41, 5.74) is -1.28. The maximum absolute atomic E-state index is 13.4. The lowest BCUT2D eigenvalue weighted by atomic mass is 9.88. The maximum atomic E-state index is 13.4. The van der Waals surface area contributed by atoms with Gasteiger partial charge in [0.25, 0.3) is 0 Å². The molecule has 202 valence electrons. The number of benzene rings is 2. The third kappa shape index (κ3) is 7.83. The smallest absolute Gasteiger partial charge is 0.420 e. The summed E-state index contributed by atoms with van der Waals surface area (Å²) in [4.78, 5) is 27.5. The first-order valence-corrected chi connectivity index (χ1v) is 11.9. The van der Waals surface area contributed by atoms with Crippen molar-refractivity contribution >= 4 is 11.8 Å². The van der Waals surface area contributed by atoms with Gasteiger partial charge < -0.3 is 29.7 Å². The first-order valence-electron chi connectivity index (χ1n) is 11.9. The number of ether oxygens (including phenoxy) is 3. The quantitative estimate of drug-likeness (QED) is 0.493. The lowest BCUT2D eigenvalue weighted by molar-refractivity contribution is -0.138. The topological polar surface area (TPSA) is 89.1 Å². The first-order chi connectivity index (χ1) is 17.5. The maximum Gasteiger partial charge on any atom is 0.420 e. The van der Waals surface area contributed by atoms with Crippen molar-refractivity contribution in [2.24, 2.45) is 0 Å². The van der Waals surface area contributed by atoms with E-state index < -0.39 is 17.3 Å². The van der Waals surface area contributed by atoms with Gasteiger partial charge in [-0.1, -0.05) is 12.1 Å². The minimum Gasteiger partial charge on any atom is -0.497 e. The van der Waals surface area contributed by atoms with E-state index in [2.05, 4.69) is 10.6 Å². The predicted octanol–water partition coefficient (Wildman–Crippen LogP) is 3.74. The summed E-state index contributed by atoms with van der Waals surface area (Å²) in [6, 6.07) is 9.83. The highest BCUT2D eigenvalue weighted by Gasteiger charge is 2.41. The van der Waals surface area contributed by atoms with Gasteiger partial charge in [-0.25, -0.2) is 0 Å². The Hall–Kier alpha value is -3.31. The van der Waals surface area contributed by atoms with Crippen LogP contribution in [-0.4, -0.2) is 63.2 Å². The fourth-order valence-electron chi connectivity index (χ4n) is 3.88. The molecule has 3 rings (SSSR count). The van der Waals surface area contributed by atoms with Crippen LogP contribution in [0.4, 0.5) is 13.2 Å². The summed E-state index contributed by atoms with van der Waals surface area (Å²) in [6.07, 6.45) is -3.61. The van der Waals surface area contributed by atoms with Crippen molar-refractivity contribution in [3.05, 3.63) is 53.6 Å². The van der Waals surface area contributed by atoms with E-state index in [1.807, 2.05) is 19.0 Å². The molecule has 1 fully saturated rings. The highest BCUT2D eigenvalue weighted by atomic mass is 19.4. The van der Waals surface area contributed by atoms with Gasteiger partial charge in [-0.05, 0) is 50.0 Å². The normalized spacial score (nSPS) is 15.2. The highest BCUT2D eigenvalue weighted by Crippen LogP contribution is 2.40. The molecule has 0 bridgehead atoms. The molecule has 1 saturated heterocycles. The van der Waals surface area contributed by atoms with Crippen LogP contribution in [0.3, 0.4) is 0 Å². The van der Waals surface area contributed by atoms with Crippen molar-refractivity contribution in [2.75, 3.05) is 41.0 Å². The van der Waals surface area contributed by atoms with E-state index >= 15 is 0 Å². The highest BCUT2D eigenvalue weighted by molar-refractivity contribution is 5.91. The molecule has 2 aromatic carbocycles. The Morgan fingerprint density at radius 2 is 1.70 bits per heavy atom. The van der Waals surface area contributed by atoms with Crippen molar-refractivity contribution in [2.45, 2.75) is 37.5 Å². The van der Waals surface area contributed by atoms with Crippen LogP contribution in [0, 0.1) is 0 Å². The molecule has 1 aliphatic rings. The van der Waals surface area contributed by atoms with Gasteiger partial charge in [-0.3, -0.25) is 9.59 Å². The molecule has 1 aliphatic heterocycles. The number of carbonyl (C=O) groups excluding carboxylic acids is 2. The number of alkyl halides is 3. The molecule has 1 heterocycles. The Bertz CT molecular complexity index is 1070. The molecule has 2 aromatic rings. The van der Waals surface area contributed by atoms with E-state index in [1.165, 1.54) is 31.4 Å². The molecule has 8 nitrogen and oxygen atoms in total. The summed E-state index contributed by atoms with van der Waals surface area (Å²) in [5, 5.41) is 5.77. The SMILES string of the molecule is COc1ccc(Oc2ccc(CNC(=O)C3(NC(=O)CCN(C)C)CCOCC3)cc2)c(C(F)(F)F)c1. The summed E-state index contributed by atoms with van der Waals surface area (Å²) >= 11 is 0. The summed E-state index contributed by atoms with van der Waals surface area (Å²) < 4.78 is 56.1. The van der Waals surface area contributed by atoms with Gasteiger partial charge in [0.15, 0.2) is 0 Å². The Kier molecular flexibility index (Phi) is 9.39. The molecule has 0 radical (unpaired) electrons. The fraction of sp³-hybridized carbons (Fsp3) is 0.462. The Balaban J connectivity index is 1.64. The molecule has 0 aromatic heterocycles. The number of nitrogens with zero attached hydrogens (tertiary/aromatic N) is 1. The van der Waals surface area contributed by atoms with Gasteiger partial charge in [0.1, 0.15) is 28.4 Å². The minimum atomic E-state index is -4.61. The molecule has 11 heteroatoms. The van der Waals surface area contributed by atoms with Crippen LogP contribution in [0.25, 0.3) is 0 Å². The van der Waals surface area contributed by atoms with Gasteiger partial charge >= 0.3 is 6.18 Å². The second-order valence-corrected chi connectivity index (χ2v) is 9.08. The number of hydrogen-bond acceptors (Lipinski definition) is 6. The third-order valence-electron chi connectivity index (χ3n) is 6.04. The Labute approximate surface area is 214 Å². The minimum absolute atomic E-state index is 0.0713. The van der Waals surface area contributed by atoms with Crippen molar-refractivity contribution < 1.29 is 37.0 Å². The average Bonchev–Trinajstić information content (AvgIpc) is 2.87. The van der Waals surface area contributed by atoms with E-state index in [9.17, 15) is 22.8 Å². The van der Waals surface area contributed by atoms with Crippen molar-refractivity contribution in [1.82, 2.24) is 15.5 Å². The van der Waals surface area contributed by atoms with Crippen LogP contribution < -0.4 is 20.1 Å². The molecule has 0 unspecified atom stereocenters. The Morgan fingerprint density at radius 3 is 2.30 bits per heavy atom. The molecular weight excluding hydrogens is 491 g/mol. The Morgan fingerprint density at radius 1 is 1.05 bits per heavy atom. The van der Waals surface area contributed by atoms with Crippen LogP contribution in [0.1, 0.15) is 30.4 Å². The zero-order chi connectivity index (χ0) is 27.1. The molecule has 0 atom stereocenters. The number of nitrogens with one attached hydrogen (secondary N) is 2. The number of carbonyl (C=O) groups is 2.